The van der Waals surface area contributed by atoms with E-state index >= 15 is 0 Å². The Morgan fingerprint density at radius 2 is 1.76 bits per heavy atom. The Morgan fingerprint density at radius 3 is 2.48 bits per heavy atom. The molecule has 0 saturated heterocycles. The van der Waals surface area contributed by atoms with Gasteiger partial charge in [-0.3, -0.25) is 0 Å². The predicted molar refractivity (Wildman–Crippen MR) is 75.6 cm³/mol. The second kappa shape index (κ2) is 2.80. The topological polar surface area (TPSA) is 48.9 Å². The normalized spacial score (nSPS) is 43.4. The zero-order valence-corrected chi connectivity index (χ0v) is 11.6. The lowest BCUT2D eigenvalue weighted by atomic mass is 9.74. The summed E-state index contributed by atoms with van der Waals surface area (Å²) in [5.74, 6) is 1.95. The van der Waals surface area contributed by atoms with E-state index < -0.39 is 0 Å². The second-order valence-electron chi connectivity index (χ2n) is 7.32. The van der Waals surface area contributed by atoms with E-state index in [1.165, 1.54) is 4.57 Å². The molecule has 1 aliphatic heterocycles. The molecule has 4 aliphatic rings. The third-order valence-electron chi connectivity index (χ3n) is 6.69. The Hall–Kier alpha value is -2.04. The predicted octanol–water partition coefficient (Wildman–Crippen LogP) is 1.18. The molecule has 3 fully saturated rings. The number of rotatable bonds is 1. The van der Waals surface area contributed by atoms with Crippen molar-refractivity contribution in [3.05, 3.63) is 51.3 Å². The number of fused-ring (bicyclic) bond motifs is 5. The molecule has 0 amide bonds. The van der Waals surface area contributed by atoms with E-state index in [2.05, 4.69) is 6.92 Å². The van der Waals surface area contributed by atoms with Gasteiger partial charge in [0.2, 0.25) is 0 Å². The summed E-state index contributed by atoms with van der Waals surface area (Å²) < 4.78 is 4.89. The zero-order valence-electron chi connectivity index (χ0n) is 11.6. The third-order valence-corrected chi connectivity index (χ3v) is 6.69. The van der Waals surface area contributed by atoms with Crippen molar-refractivity contribution in [3.8, 4) is 5.69 Å². The fourth-order valence-corrected chi connectivity index (χ4v) is 5.96. The Morgan fingerprint density at radius 1 is 1.05 bits per heavy atom. The Labute approximate surface area is 120 Å². The molecule has 2 heterocycles. The number of nitrogens with zero attached hydrogens (tertiary/aromatic N) is 3. The minimum atomic E-state index is -0.158. The van der Waals surface area contributed by atoms with Crippen molar-refractivity contribution in [3.63, 3.8) is 0 Å². The molecular formula is C16H15N3O2. The minimum absolute atomic E-state index is 0.154. The lowest BCUT2D eigenvalue weighted by Gasteiger charge is -2.32. The van der Waals surface area contributed by atoms with Crippen LogP contribution in [0.2, 0.25) is 0 Å². The molecule has 21 heavy (non-hydrogen) atoms. The van der Waals surface area contributed by atoms with Crippen molar-refractivity contribution in [1.82, 2.24) is 13.9 Å². The molecule has 3 saturated carbocycles. The van der Waals surface area contributed by atoms with E-state index in [1.807, 2.05) is 30.3 Å². The van der Waals surface area contributed by atoms with Gasteiger partial charge in [0.05, 0.1) is 17.8 Å². The summed E-state index contributed by atoms with van der Waals surface area (Å²) >= 11 is 0. The third kappa shape index (κ3) is 0.859. The van der Waals surface area contributed by atoms with Crippen LogP contribution in [-0.4, -0.2) is 13.9 Å². The molecule has 0 bridgehead atoms. The van der Waals surface area contributed by atoms with Crippen LogP contribution < -0.4 is 11.4 Å². The maximum atomic E-state index is 12.8. The monoisotopic (exact) mass is 281 g/mol. The Balaban J connectivity index is 1.64. The number of para-hydroxylation sites is 1. The van der Waals surface area contributed by atoms with E-state index in [0.717, 1.165) is 12.3 Å². The molecule has 0 N–H and O–H groups in total. The van der Waals surface area contributed by atoms with E-state index in [9.17, 15) is 9.59 Å². The molecule has 6 rings (SSSR count). The molecule has 0 radical (unpaired) electrons. The van der Waals surface area contributed by atoms with Crippen LogP contribution in [0.5, 0.6) is 0 Å². The van der Waals surface area contributed by atoms with Gasteiger partial charge in [-0.25, -0.2) is 23.5 Å². The molecule has 0 spiro atoms. The fourth-order valence-electron chi connectivity index (χ4n) is 5.96. The van der Waals surface area contributed by atoms with Crippen molar-refractivity contribution in [2.24, 2.45) is 23.2 Å². The van der Waals surface area contributed by atoms with Gasteiger partial charge in [0.15, 0.2) is 0 Å². The first-order valence-electron chi connectivity index (χ1n) is 7.66. The highest BCUT2D eigenvalue weighted by Crippen LogP contribution is 2.88. The van der Waals surface area contributed by atoms with Crippen LogP contribution >= 0.6 is 0 Å². The van der Waals surface area contributed by atoms with Gasteiger partial charge in [-0.15, -0.1) is 0 Å². The average molecular weight is 281 g/mol. The summed E-state index contributed by atoms with van der Waals surface area (Å²) in [6, 6.07) is 9.79. The maximum absolute atomic E-state index is 12.8. The second-order valence-corrected chi connectivity index (χ2v) is 7.32. The molecule has 5 heteroatoms. The summed E-state index contributed by atoms with van der Waals surface area (Å²) in [4.78, 5) is 25.6. The molecule has 1 aromatic carbocycles. The highest BCUT2D eigenvalue weighted by molar-refractivity contribution is 5.35. The fraction of sp³-hybridized carbons (Fsp3) is 0.500. The van der Waals surface area contributed by atoms with Gasteiger partial charge < -0.3 is 0 Å². The van der Waals surface area contributed by atoms with E-state index in [0.29, 0.717) is 22.9 Å². The highest BCUT2D eigenvalue weighted by atomic mass is 16.2. The summed E-state index contributed by atoms with van der Waals surface area (Å²) in [5.41, 5.74) is 0.766. The lowest BCUT2D eigenvalue weighted by Crippen LogP contribution is -2.38. The summed E-state index contributed by atoms with van der Waals surface area (Å²) in [7, 11) is 0. The summed E-state index contributed by atoms with van der Waals surface area (Å²) in [6.45, 7) is 2.34. The van der Waals surface area contributed by atoms with Crippen molar-refractivity contribution in [2.45, 2.75) is 25.4 Å². The number of hydrogen-bond acceptors (Lipinski definition) is 2. The van der Waals surface area contributed by atoms with Crippen LogP contribution in [0, 0.1) is 23.2 Å². The van der Waals surface area contributed by atoms with E-state index in [4.69, 9.17) is 0 Å². The smallest absolute Gasteiger partial charge is 0.245 e. The van der Waals surface area contributed by atoms with Crippen LogP contribution in [0.25, 0.3) is 5.69 Å². The summed E-state index contributed by atoms with van der Waals surface area (Å²) in [6.07, 6.45) is 1.07. The standard InChI is InChI=1S/C16H15N3O2/c1-16-7-9-10-11(16)12(16)13(10)19-15(21)17(14(20)18(9)19)8-5-3-2-4-6-8/h2-6,9-13H,7H2,1H3/t9-,10+,11-,12-,13-,16-/m1/s1. The quantitative estimate of drug-likeness (QED) is 0.788. The van der Waals surface area contributed by atoms with Gasteiger partial charge in [-0.1, -0.05) is 25.1 Å². The van der Waals surface area contributed by atoms with Crippen LogP contribution in [0.15, 0.2) is 39.9 Å². The first-order valence-corrected chi connectivity index (χ1v) is 7.66. The minimum Gasteiger partial charge on any atom is -0.245 e. The Kier molecular flexibility index (Phi) is 1.42. The summed E-state index contributed by atoms with van der Waals surface area (Å²) in [5, 5.41) is 0. The average Bonchev–Trinajstić information content (AvgIpc) is 2.61. The molecule has 0 unspecified atom stereocenters. The number of aromatic nitrogens is 3. The van der Waals surface area contributed by atoms with Gasteiger partial charge in [0, 0.05) is 5.92 Å². The van der Waals surface area contributed by atoms with Crippen LogP contribution in [0.4, 0.5) is 0 Å². The number of benzene rings is 1. The van der Waals surface area contributed by atoms with Crippen molar-refractivity contribution < 1.29 is 0 Å². The molecule has 106 valence electrons. The molecule has 3 aliphatic carbocycles. The molecule has 1 aromatic heterocycles. The van der Waals surface area contributed by atoms with Gasteiger partial charge in [0.25, 0.3) is 0 Å². The number of hydrogen-bond donors (Lipinski definition) is 0. The largest absolute Gasteiger partial charge is 0.352 e. The molecule has 6 atom stereocenters. The SMILES string of the molecule is C[C@]12C[C@@H]3[C@@H]4[C@H]([C@H]1[C@@H]42)n1c(=O)n(-c2ccccc2)c(=O)n13. The molecular weight excluding hydrogens is 266 g/mol. The van der Waals surface area contributed by atoms with Gasteiger partial charge in [-0.2, -0.15) is 0 Å². The van der Waals surface area contributed by atoms with Gasteiger partial charge in [-0.05, 0) is 35.8 Å². The van der Waals surface area contributed by atoms with Crippen molar-refractivity contribution in [1.29, 1.82) is 0 Å². The van der Waals surface area contributed by atoms with Crippen molar-refractivity contribution >= 4 is 0 Å². The molecule has 2 aromatic rings. The first kappa shape index (κ1) is 10.7. The molecule has 5 nitrogen and oxygen atoms in total. The van der Waals surface area contributed by atoms with Crippen LogP contribution in [0.1, 0.15) is 25.4 Å². The van der Waals surface area contributed by atoms with E-state index in [1.54, 1.807) is 9.36 Å². The highest BCUT2D eigenvalue weighted by Gasteiger charge is 2.86. The van der Waals surface area contributed by atoms with Gasteiger partial charge >= 0.3 is 11.4 Å². The van der Waals surface area contributed by atoms with Crippen LogP contribution in [0.3, 0.4) is 0 Å². The maximum Gasteiger partial charge on any atom is 0.352 e. The lowest BCUT2D eigenvalue weighted by molar-refractivity contribution is 0.154. The van der Waals surface area contributed by atoms with E-state index in [-0.39, 0.29) is 23.5 Å². The van der Waals surface area contributed by atoms with Crippen molar-refractivity contribution in [2.75, 3.05) is 0 Å². The van der Waals surface area contributed by atoms with Crippen LogP contribution in [-0.2, 0) is 0 Å². The zero-order chi connectivity index (χ0) is 14.1. The van der Waals surface area contributed by atoms with Gasteiger partial charge in [0.1, 0.15) is 0 Å². The first-order chi connectivity index (χ1) is 10.1. The Bertz CT molecular complexity index is 884.